The molecule has 0 aromatic rings. The van der Waals surface area contributed by atoms with E-state index in [1.807, 2.05) is 6.92 Å². The molecule has 0 aromatic carbocycles. The third-order valence-corrected chi connectivity index (χ3v) is 2.21. The van der Waals surface area contributed by atoms with Gasteiger partial charge in [-0.05, 0) is 6.42 Å². The van der Waals surface area contributed by atoms with Crippen LogP contribution in [0.4, 0.5) is 0 Å². The van der Waals surface area contributed by atoms with E-state index in [0.29, 0.717) is 25.1 Å². The summed E-state index contributed by atoms with van der Waals surface area (Å²) in [5, 5.41) is 3.75. The topological polar surface area (TPSA) is 61.8 Å². The summed E-state index contributed by atoms with van der Waals surface area (Å²) in [6.45, 7) is 2.86. The molecule has 0 aromatic heterocycles. The van der Waals surface area contributed by atoms with Gasteiger partial charge in [-0.3, -0.25) is 9.59 Å². The molecule has 0 fully saturated rings. The smallest absolute Gasteiger partial charge is 0.270 e. The van der Waals surface area contributed by atoms with Crippen molar-refractivity contribution in [2.24, 2.45) is 5.10 Å². The van der Waals surface area contributed by atoms with Gasteiger partial charge in [-0.2, -0.15) is 5.10 Å². The number of amides is 2. The van der Waals surface area contributed by atoms with Crippen LogP contribution in [0, 0.1) is 12.3 Å². The van der Waals surface area contributed by atoms with Crippen LogP contribution in [0.25, 0.3) is 0 Å². The third kappa shape index (κ3) is 3.09. The average Bonchev–Trinajstić information content (AvgIpc) is 2.29. The van der Waals surface area contributed by atoms with Crippen LogP contribution in [0.5, 0.6) is 0 Å². The Morgan fingerprint density at radius 3 is 2.88 bits per heavy atom. The highest BCUT2D eigenvalue weighted by atomic mass is 16.2. The Morgan fingerprint density at radius 1 is 1.62 bits per heavy atom. The molecule has 1 aliphatic rings. The van der Waals surface area contributed by atoms with Gasteiger partial charge in [-0.1, -0.05) is 12.8 Å². The van der Waals surface area contributed by atoms with Gasteiger partial charge in [0.2, 0.25) is 5.91 Å². The van der Waals surface area contributed by atoms with Gasteiger partial charge in [0.1, 0.15) is 5.71 Å². The Hall–Kier alpha value is -1.83. The number of rotatable bonds is 4. The number of carbonyl (C=O) groups excluding carboxylic acids is 2. The van der Waals surface area contributed by atoms with E-state index < -0.39 is 0 Å². The number of hydrogen-bond acceptors (Lipinski definition) is 3. The maximum absolute atomic E-state index is 11.9. The molecule has 0 atom stereocenters. The molecule has 1 aliphatic heterocycles. The number of nitrogens with one attached hydrogen (secondary N) is 1. The van der Waals surface area contributed by atoms with Gasteiger partial charge in [0.15, 0.2) is 0 Å². The van der Waals surface area contributed by atoms with E-state index in [1.54, 1.807) is 4.90 Å². The van der Waals surface area contributed by atoms with Crippen LogP contribution in [0.1, 0.15) is 26.2 Å². The average molecular weight is 221 g/mol. The summed E-state index contributed by atoms with van der Waals surface area (Å²) in [7, 11) is 0. The molecule has 16 heavy (non-hydrogen) atoms. The molecule has 1 N–H and O–H groups in total. The fourth-order valence-electron chi connectivity index (χ4n) is 1.44. The summed E-state index contributed by atoms with van der Waals surface area (Å²) in [5.74, 6) is 2.11. The zero-order chi connectivity index (χ0) is 12.0. The van der Waals surface area contributed by atoms with Gasteiger partial charge < -0.3 is 4.90 Å². The fourth-order valence-corrected chi connectivity index (χ4v) is 1.44. The molecular weight excluding hydrogens is 206 g/mol. The van der Waals surface area contributed by atoms with E-state index in [2.05, 4.69) is 16.4 Å². The van der Waals surface area contributed by atoms with Crippen molar-refractivity contribution in [2.45, 2.75) is 26.2 Å². The lowest BCUT2D eigenvalue weighted by molar-refractivity contribution is -0.124. The first-order valence-corrected chi connectivity index (χ1v) is 5.27. The quantitative estimate of drug-likeness (QED) is 0.686. The third-order valence-electron chi connectivity index (χ3n) is 2.21. The van der Waals surface area contributed by atoms with Crippen molar-refractivity contribution in [3.63, 3.8) is 0 Å². The zero-order valence-corrected chi connectivity index (χ0v) is 9.32. The SMILES string of the molecule is C#CCN(CCC)C(=O)C1=NNC(=O)CC1. The summed E-state index contributed by atoms with van der Waals surface area (Å²) >= 11 is 0. The summed E-state index contributed by atoms with van der Waals surface area (Å²) < 4.78 is 0. The minimum atomic E-state index is -0.181. The van der Waals surface area contributed by atoms with Crippen molar-refractivity contribution in [2.75, 3.05) is 13.1 Å². The molecule has 0 spiro atoms. The molecule has 0 aliphatic carbocycles. The summed E-state index contributed by atoms with van der Waals surface area (Å²) in [6.07, 6.45) is 6.73. The van der Waals surface area contributed by atoms with Gasteiger partial charge in [0, 0.05) is 19.4 Å². The van der Waals surface area contributed by atoms with E-state index >= 15 is 0 Å². The molecule has 0 bridgehead atoms. The predicted molar refractivity (Wildman–Crippen MR) is 60.5 cm³/mol. The van der Waals surface area contributed by atoms with Crippen molar-refractivity contribution in [1.82, 2.24) is 10.3 Å². The van der Waals surface area contributed by atoms with Crippen LogP contribution in [0.2, 0.25) is 0 Å². The Balaban J connectivity index is 2.67. The van der Waals surface area contributed by atoms with Crippen LogP contribution >= 0.6 is 0 Å². The van der Waals surface area contributed by atoms with Crippen molar-refractivity contribution < 1.29 is 9.59 Å². The van der Waals surface area contributed by atoms with E-state index in [1.165, 1.54) is 0 Å². The van der Waals surface area contributed by atoms with Crippen molar-refractivity contribution in [3.8, 4) is 12.3 Å². The Labute approximate surface area is 94.9 Å². The fraction of sp³-hybridized carbons (Fsp3) is 0.545. The number of hydrogen-bond donors (Lipinski definition) is 1. The molecule has 1 heterocycles. The Bertz CT molecular complexity index is 355. The second kappa shape index (κ2) is 5.91. The molecule has 5 nitrogen and oxygen atoms in total. The largest absolute Gasteiger partial charge is 0.326 e. The first-order valence-electron chi connectivity index (χ1n) is 5.27. The minimum Gasteiger partial charge on any atom is -0.326 e. The summed E-state index contributed by atoms with van der Waals surface area (Å²) in [4.78, 5) is 24.4. The summed E-state index contributed by atoms with van der Waals surface area (Å²) in [6, 6.07) is 0. The lowest BCUT2D eigenvalue weighted by Crippen LogP contribution is -2.40. The Morgan fingerprint density at radius 2 is 2.38 bits per heavy atom. The standard InChI is InChI=1S/C11H15N3O2/c1-3-7-14(8-4-2)11(16)9-5-6-10(15)13-12-9/h1H,4-8H2,2H3,(H,13,15). The van der Waals surface area contributed by atoms with Gasteiger partial charge >= 0.3 is 0 Å². The van der Waals surface area contributed by atoms with Crippen LogP contribution in [0.3, 0.4) is 0 Å². The molecule has 0 unspecified atom stereocenters. The number of nitrogens with zero attached hydrogens (tertiary/aromatic N) is 2. The molecule has 86 valence electrons. The van der Waals surface area contributed by atoms with Crippen molar-refractivity contribution in [1.29, 1.82) is 0 Å². The normalized spacial score (nSPS) is 14.8. The number of carbonyl (C=O) groups is 2. The van der Waals surface area contributed by atoms with E-state index in [4.69, 9.17) is 6.42 Å². The highest BCUT2D eigenvalue weighted by molar-refractivity contribution is 6.39. The summed E-state index contributed by atoms with van der Waals surface area (Å²) in [5.41, 5.74) is 2.68. The highest BCUT2D eigenvalue weighted by Gasteiger charge is 2.22. The van der Waals surface area contributed by atoms with Crippen LogP contribution in [-0.4, -0.2) is 35.5 Å². The van der Waals surface area contributed by atoms with E-state index in [9.17, 15) is 9.59 Å². The number of hydrazone groups is 1. The van der Waals surface area contributed by atoms with Gasteiger partial charge in [-0.25, -0.2) is 5.43 Å². The molecular formula is C11H15N3O2. The minimum absolute atomic E-state index is 0.157. The predicted octanol–water partition coefficient (Wildman–Crippen LogP) is 0.124. The number of terminal acetylenes is 1. The zero-order valence-electron chi connectivity index (χ0n) is 9.32. The van der Waals surface area contributed by atoms with E-state index in [0.717, 1.165) is 6.42 Å². The molecule has 5 heteroatoms. The van der Waals surface area contributed by atoms with Crippen molar-refractivity contribution in [3.05, 3.63) is 0 Å². The highest BCUT2D eigenvalue weighted by Crippen LogP contribution is 2.04. The van der Waals surface area contributed by atoms with Gasteiger partial charge in [-0.15, -0.1) is 6.42 Å². The maximum atomic E-state index is 11.9. The molecule has 1 rings (SSSR count). The molecule has 0 saturated carbocycles. The van der Waals surface area contributed by atoms with E-state index in [-0.39, 0.29) is 18.4 Å². The Kier molecular flexibility index (Phi) is 4.52. The molecule has 2 amide bonds. The monoisotopic (exact) mass is 221 g/mol. The first kappa shape index (κ1) is 12.2. The van der Waals surface area contributed by atoms with Crippen LogP contribution < -0.4 is 5.43 Å². The first-order chi connectivity index (χ1) is 7.69. The van der Waals surface area contributed by atoms with Crippen LogP contribution in [-0.2, 0) is 9.59 Å². The van der Waals surface area contributed by atoms with Gasteiger partial charge in [0.05, 0.1) is 6.54 Å². The molecule has 0 radical (unpaired) electrons. The van der Waals surface area contributed by atoms with Crippen molar-refractivity contribution >= 4 is 17.5 Å². The lowest BCUT2D eigenvalue weighted by Gasteiger charge is -2.21. The maximum Gasteiger partial charge on any atom is 0.270 e. The molecule has 0 saturated heterocycles. The lowest BCUT2D eigenvalue weighted by atomic mass is 10.1. The second-order valence-corrected chi connectivity index (χ2v) is 3.52. The van der Waals surface area contributed by atoms with Gasteiger partial charge in [0.25, 0.3) is 5.91 Å². The second-order valence-electron chi connectivity index (χ2n) is 3.52. The van der Waals surface area contributed by atoms with Crippen LogP contribution in [0.15, 0.2) is 5.10 Å².